The average molecular weight is 260 g/mol. The molecule has 1 aliphatic rings. The molecule has 1 unspecified atom stereocenters. The number of hydrogen-bond acceptors (Lipinski definition) is 2. The van der Waals surface area contributed by atoms with Gasteiger partial charge in [-0.05, 0) is 30.5 Å². The monoisotopic (exact) mass is 260 g/mol. The van der Waals surface area contributed by atoms with Gasteiger partial charge in [0.25, 0.3) is 0 Å². The number of nitrogens with zero attached hydrogens (tertiary/aromatic N) is 2. The first-order valence-electron chi connectivity index (χ1n) is 6.65. The maximum atomic E-state index is 13.2. The van der Waals surface area contributed by atoms with Crippen molar-refractivity contribution in [3.63, 3.8) is 0 Å². The molecule has 0 bridgehead atoms. The molecule has 4 heteroatoms. The third-order valence-corrected chi connectivity index (χ3v) is 3.78. The first-order chi connectivity index (χ1) is 9.26. The van der Waals surface area contributed by atoms with E-state index in [9.17, 15) is 9.50 Å². The molecule has 1 aliphatic heterocycles. The first kappa shape index (κ1) is 12.4. The highest BCUT2D eigenvalue weighted by Gasteiger charge is 2.20. The number of benzene rings is 1. The summed E-state index contributed by atoms with van der Waals surface area (Å²) in [4.78, 5) is 4.45. The lowest BCUT2D eigenvalue weighted by Gasteiger charge is -2.23. The summed E-state index contributed by atoms with van der Waals surface area (Å²) in [6.45, 7) is 1.04. The molecule has 19 heavy (non-hydrogen) atoms. The largest absolute Gasteiger partial charge is 0.396 e. The van der Waals surface area contributed by atoms with Gasteiger partial charge in [-0.25, -0.2) is 9.37 Å². The number of aromatic nitrogens is 2. The number of halogens is 1. The van der Waals surface area contributed by atoms with Crippen LogP contribution in [0.25, 0.3) is 0 Å². The molecule has 1 atom stereocenters. The second kappa shape index (κ2) is 5.13. The molecule has 0 spiro atoms. The van der Waals surface area contributed by atoms with Crippen molar-refractivity contribution >= 4 is 0 Å². The minimum Gasteiger partial charge on any atom is -0.396 e. The van der Waals surface area contributed by atoms with E-state index in [2.05, 4.69) is 9.55 Å². The molecule has 0 fully saturated rings. The number of imidazole rings is 1. The molecule has 1 aromatic carbocycles. The Labute approximate surface area is 111 Å². The number of hydrogen-bond donors (Lipinski definition) is 1. The summed E-state index contributed by atoms with van der Waals surface area (Å²) >= 11 is 0. The SMILES string of the molecule is OCC1CCc2cnc(Cc3cccc(F)c3)n2C1. The Morgan fingerprint density at radius 3 is 3.11 bits per heavy atom. The van der Waals surface area contributed by atoms with E-state index in [1.54, 1.807) is 12.1 Å². The maximum absolute atomic E-state index is 13.2. The van der Waals surface area contributed by atoms with Crippen LogP contribution in [0.1, 0.15) is 23.5 Å². The zero-order valence-corrected chi connectivity index (χ0v) is 10.7. The number of fused-ring (bicyclic) bond motifs is 1. The van der Waals surface area contributed by atoms with Gasteiger partial charge in [-0.1, -0.05) is 12.1 Å². The van der Waals surface area contributed by atoms with E-state index in [0.29, 0.717) is 12.3 Å². The molecule has 2 aromatic rings. The van der Waals surface area contributed by atoms with E-state index >= 15 is 0 Å². The highest BCUT2D eigenvalue weighted by molar-refractivity contribution is 5.22. The third-order valence-electron chi connectivity index (χ3n) is 3.78. The van der Waals surface area contributed by atoms with Crippen molar-refractivity contribution in [2.24, 2.45) is 5.92 Å². The highest BCUT2D eigenvalue weighted by atomic mass is 19.1. The summed E-state index contributed by atoms with van der Waals surface area (Å²) in [6, 6.07) is 6.64. The van der Waals surface area contributed by atoms with Crippen LogP contribution in [-0.4, -0.2) is 21.3 Å². The third kappa shape index (κ3) is 2.54. The second-order valence-electron chi connectivity index (χ2n) is 5.17. The Balaban J connectivity index is 1.85. The van der Waals surface area contributed by atoms with Crippen molar-refractivity contribution in [3.8, 4) is 0 Å². The number of aliphatic hydroxyl groups excluding tert-OH is 1. The lowest BCUT2D eigenvalue weighted by atomic mass is 9.99. The van der Waals surface area contributed by atoms with Gasteiger partial charge in [0.05, 0.1) is 0 Å². The predicted molar refractivity (Wildman–Crippen MR) is 70.3 cm³/mol. The Bertz CT molecular complexity index is 579. The van der Waals surface area contributed by atoms with Gasteiger partial charge in [0, 0.05) is 37.4 Å². The fourth-order valence-corrected chi connectivity index (χ4v) is 2.70. The minimum absolute atomic E-state index is 0.212. The molecule has 0 radical (unpaired) electrons. The fraction of sp³-hybridized carbons (Fsp3) is 0.400. The van der Waals surface area contributed by atoms with E-state index in [0.717, 1.165) is 30.8 Å². The van der Waals surface area contributed by atoms with Crippen LogP contribution in [0.2, 0.25) is 0 Å². The van der Waals surface area contributed by atoms with Crippen molar-refractivity contribution in [2.45, 2.75) is 25.8 Å². The lowest BCUT2D eigenvalue weighted by molar-refractivity contribution is 0.190. The van der Waals surface area contributed by atoms with Gasteiger partial charge in [0.1, 0.15) is 11.6 Å². The minimum atomic E-state index is -0.212. The normalized spacial score (nSPS) is 18.3. The molecule has 2 heterocycles. The van der Waals surface area contributed by atoms with E-state index in [-0.39, 0.29) is 12.4 Å². The van der Waals surface area contributed by atoms with Gasteiger partial charge in [-0.2, -0.15) is 0 Å². The smallest absolute Gasteiger partial charge is 0.123 e. The van der Waals surface area contributed by atoms with Gasteiger partial charge in [0.15, 0.2) is 0 Å². The van der Waals surface area contributed by atoms with Gasteiger partial charge >= 0.3 is 0 Å². The predicted octanol–water partition coefficient (Wildman–Crippen LogP) is 2.17. The van der Waals surface area contributed by atoms with Gasteiger partial charge in [0.2, 0.25) is 0 Å². The average Bonchev–Trinajstić information content (AvgIpc) is 2.81. The standard InChI is InChI=1S/C15H17FN2O/c16-13-3-1-2-11(6-13)7-15-17-8-14-5-4-12(10-19)9-18(14)15/h1-3,6,8,12,19H,4-5,7,9-10H2. The van der Waals surface area contributed by atoms with Crippen LogP contribution < -0.4 is 0 Å². The molecule has 3 nitrogen and oxygen atoms in total. The van der Waals surface area contributed by atoms with Crippen molar-refractivity contribution in [1.82, 2.24) is 9.55 Å². The Morgan fingerprint density at radius 2 is 2.32 bits per heavy atom. The Morgan fingerprint density at radius 1 is 1.42 bits per heavy atom. The molecule has 0 saturated carbocycles. The van der Waals surface area contributed by atoms with Crippen molar-refractivity contribution in [3.05, 3.63) is 53.4 Å². The summed E-state index contributed by atoms with van der Waals surface area (Å²) in [5, 5.41) is 9.29. The topological polar surface area (TPSA) is 38.1 Å². The van der Waals surface area contributed by atoms with Crippen molar-refractivity contribution < 1.29 is 9.50 Å². The fourth-order valence-electron chi connectivity index (χ4n) is 2.70. The van der Waals surface area contributed by atoms with Gasteiger partial charge in [-0.3, -0.25) is 0 Å². The maximum Gasteiger partial charge on any atom is 0.123 e. The van der Waals surface area contributed by atoms with Crippen molar-refractivity contribution in [2.75, 3.05) is 6.61 Å². The molecular formula is C15H17FN2O. The lowest BCUT2D eigenvalue weighted by Crippen LogP contribution is -2.24. The number of rotatable bonds is 3. The second-order valence-corrected chi connectivity index (χ2v) is 5.17. The highest BCUT2D eigenvalue weighted by Crippen LogP contribution is 2.22. The van der Waals surface area contributed by atoms with Crippen LogP contribution in [-0.2, 0) is 19.4 Å². The summed E-state index contributed by atoms with van der Waals surface area (Å²) in [7, 11) is 0. The summed E-state index contributed by atoms with van der Waals surface area (Å²) in [6.07, 6.45) is 4.51. The van der Waals surface area contributed by atoms with Crippen LogP contribution in [0.15, 0.2) is 30.5 Å². The molecule has 0 aliphatic carbocycles. The Hall–Kier alpha value is -1.68. The molecule has 100 valence electrons. The van der Waals surface area contributed by atoms with Crippen LogP contribution in [0.5, 0.6) is 0 Å². The van der Waals surface area contributed by atoms with Gasteiger partial charge < -0.3 is 9.67 Å². The quantitative estimate of drug-likeness (QED) is 0.918. The molecule has 0 saturated heterocycles. The molecule has 1 aromatic heterocycles. The zero-order valence-electron chi connectivity index (χ0n) is 10.7. The van der Waals surface area contributed by atoms with E-state index in [4.69, 9.17) is 0 Å². The van der Waals surface area contributed by atoms with Crippen LogP contribution in [0.4, 0.5) is 4.39 Å². The van der Waals surface area contributed by atoms with Crippen LogP contribution in [0, 0.1) is 11.7 Å². The molecule has 3 rings (SSSR count). The summed E-state index contributed by atoms with van der Waals surface area (Å²) in [5.74, 6) is 1.06. The van der Waals surface area contributed by atoms with Crippen molar-refractivity contribution in [1.29, 1.82) is 0 Å². The first-order valence-corrected chi connectivity index (χ1v) is 6.65. The molecular weight excluding hydrogens is 243 g/mol. The molecule has 0 amide bonds. The number of aryl methyl sites for hydroxylation is 1. The summed E-state index contributed by atoms with van der Waals surface area (Å²) in [5.41, 5.74) is 2.15. The number of aliphatic hydroxyl groups is 1. The van der Waals surface area contributed by atoms with E-state index < -0.39 is 0 Å². The van der Waals surface area contributed by atoms with E-state index in [1.165, 1.54) is 11.8 Å². The van der Waals surface area contributed by atoms with Gasteiger partial charge in [-0.15, -0.1) is 0 Å². The summed E-state index contributed by atoms with van der Waals surface area (Å²) < 4.78 is 15.4. The Kier molecular flexibility index (Phi) is 3.34. The zero-order chi connectivity index (χ0) is 13.2. The molecule has 1 N–H and O–H groups in total. The van der Waals surface area contributed by atoms with E-state index in [1.807, 2.05) is 12.3 Å². The van der Waals surface area contributed by atoms with Crippen LogP contribution >= 0.6 is 0 Å². The van der Waals surface area contributed by atoms with Crippen LogP contribution in [0.3, 0.4) is 0 Å².